The summed E-state index contributed by atoms with van der Waals surface area (Å²) >= 11 is 1.37. The van der Waals surface area contributed by atoms with Crippen LogP contribution in [-0.4, -0.2) is 45.4 Å². The molecule has 5 rings (SSSR count). The number of carbonyl (C=O) groups is 1. The Kier molecular flexibility index (Phi) is 5.48. The number of halogens is 1. The van der Waals surface area contributed by atoms with Gasteiger partial charge in [-0.25, -0.2) is 4.39 Å². The Bertz CT molecular complexity index is 1110. The first-order valence-corrected chi connectivity index (χ1v) is 10.9. The van der Waals surface area contributed by atoms with Crippen molar-refractivity contribution in [3.63, 3.8) is 0 Å². The molecule has 2 aliphatic heterocycles. The molecule has 2 aromatic carbocycles. The van der Waals surface area contributed by atoms with E-state index in [9.17, 15) is 9.18 Å². The van der Waals surface area contributed by atoms with Gasteiger partial charge >= 0.3 is 0 Å². The summed E-state index contributed by atoms with van der Waals surface area (Å²) in [5.74, 6) is 0.807. The molecule has 8 heteroatoms. The summed E-state index contributed by atoms with van der Waals surface area (Å²) in [6.45, 7) is 3.55. The normalized spacial score (nSPS) is 15.6. The highest BCUT2D eigenvalue weighted by Gasteiger charge is 2.18. The van der Waals surface area contributed by atoms with E-state index in [-0.39, 0.29) is 11.7 Å². The van der Waals surface area contributed by atoms with Crippen LogP contribution >= 0.6 is 11.3 Å². The van der Waals surface area contributed by atoms with Gasteiger partial charge in [0.15, 0.2) is 11.5 Å². The van der Waals surface area contributed by atoms with Crippen LogP contribution in [0.15, 0.2) is 48.5 Å². The van der Waals surface area contributed by atoms with Gasteiger partial charge in [-0.2, -0.15) is 0 Å². The molecule has 1 aromatic heterocycles. The summed E-state index contributed by atoms with van der Waals surface area (Å²) in [6, 6.07) is 14.2. The molecule has 3 aromatic rings. The van der Waals surface area contributed by atoms with Crippen molar-refractivity contribution in [3.8, 4) is 21.9 Å². The Morgan fingerprint density at radius 1 is 0.935 bits per heavy atom. The van der Waals surface area contributed by atoms with Crippen molar-refractivity contribution in [2.45, 2.75) is 0 Å². The molecule has 1 fully saturated rings. The minimum absolute atomic E-state index is 0.271. The second-order valence-electron chi connectivity index (χ2n) is 7.24. The van der Waals surface area contributed by atoms with Gasteiger partial charge in [0.2, 0.25) is 0 Å². The second kappa shape index (κ2) is 8.56. The first-order valence-electron chi connectivity index (χ1n) is 10.1. The number of benzene rings is 2. The van der Waals surface area contributed by atoms with E-state index in [4.69, 9.17) is 14.2 Å². The molecule has 160 valence electrons. The van der Waals surface area contributed by atoms with Gasteiger partial charge in [-0.15, -0.1) is 11.3 Å². The zero-order valence-electron chi connectivity index (χ0n) is 16.7. The van der Waals surface area contributed by atoms with Crippen LogP contribution in [0.3, 0.4) is 0 Å². The van der Waals surface area contributed by atoms with Gasteiger partial charge in [-0.3, -0.25) is 4.79 Å². The standard InChI is InChI=1S/C23H21FN2O4S/c24-17-14-16(2-3-18(17)26-7-9-28-10-8-26)25-23(27)22-6-5-21(31-22)15-1-4-19-20(13-15)30-12-11-29-19/h1-6,13-14H,7-12H2,(H,25,27). The van der Waals surface area contributed by atoms with Crippen molar-refractivity contribution in [1.29, 1.82) is 0 Å². The average Bonchev–Trinajstić information content (AvgIpc) is 3.30. The number of nitrogens with one attached hydrogen (secondary N) is 1. The van der Waals surface area contributed by atoms with Gasteiger partial charge in [0.1, 0.15) is 19.0 Å². The third kappa shape index (κ3) is 4.22. The largest absolute Gasteiger partial charge is 0.486 e. The number of carbonyl (C=O) groups excluding carboxylic acids is 1. The number of anilines is 2. The number of fused-ring (bicyclic) bond motifs is 1. The number of ether oxygens (including phenoxy) is 3. The molecule has 0 saturated carbocycles. The summed E-state index contributed by atoms with van der Waals surface area (Å²) in [7, 11) is 0. The predicted octanol–water partition coefficient (Wildman–Crippen LogP) is 4.41. The van der Waals surface area contributed by atoms with Crippen molar-refractivity contribution in [2.24, 2.45) is 0 Å². The predicted molar refractivity (Wildman–Crippen MR) is 118 cm³/mol. The van der Waals surface area contributed by atoms with E-state index in [0.29, 0.717) is 61.5 Å². The molecule has 0 spiro atoms. The summed E-state index contributed by atoms with van der Waals surface area (Å²) < 4.78 is 31.1. The van der Waals surface area contributed by atoms with Crippen LogP contribution in [-0.2, 0) is 4.74 Å². The molecule has 0 bridgehead atoms. The van der Waals surface area contributed by atoms with Crippen LogP contribution < -0.4 is 19.7 Å². The lowest BCUT2D eigenvalue weighted by Crippen LogP contribution is -2.36. The molecule has 1 N–H and O–H groups in total. The molecule has 0 radical (unpaired) electrons. The van der Waals surface area contributed by atoms with Crippen LogP contribution in [0.4, 0.5) is 15.8 Å². The zero-order chi connectivity index (χ0) is 21.2. The Morgan fingerprint density at radius 3 is 2.55 bits per heavy atom. The maximum atomic E-state index is 14.6. The van der Waals surface area contributed by atoms with Gasteiger partial charge in [-0.1, -0.05) is 0 Å². The highest BCUT2D eigenvalue weighted by molar-refractivity contribution is 7.17. The molecule has 1 amide bonds. The monoisotopic (exact) mass is 440 g/mol. The molecular weight excluding hydrogens is 419 g/mol. The quantitative estimate of drug-likeness (QED) is 0.651. The number of nitrogens with zero attached hydrogens (tertiary/aromatic N) is 1. The van der Waals surface area contributed by atoms with Crippen LogP contribution in [0, 0.1) is 5.82 Å². The SMILES string of the molecule is O=C(Nc1ccc(N2CCOCC2)c(F)c1)c1ccc(-c2ccc3c(c2)OCCO3)s1. The lowest BCUT2D eigenvalue weighted by atomic mass is 10.1. The number of hydrogen-bond donors (Lipinski definition) is 1. The fourth-order valence-corrected chi connectivity index (χ4v) is 4.55. The number of thiophene rings is 1. The van der Waals surface area contributed by atoms with E-state index in [0.717, 1.165) is 16.2 Å². The van der Waals surface area contributed by atoms with Crippen molar-refractivity contribution in [3.05, 3.63) is 59.2 Å². The Hall–Kier alpha value is -3.10. The first kappa shape index (κ1) is 19.8. The molecule has 0 atom stereocenters. The van der Waals surface area contributed by atoms with Crippen LogP contribution in [0.2, 0.25) is 0 Å². The van der Waals surface area contributed by atoms with Gasteiger partial charge < -0.3 is 24.4 Å². The third-order valence-electron chi connectivity index (χ3n) is 5.21. The molecule has 3 heterocycles. The highest BCUT2D eigenvalue weighted by atomic mass is 32.1. The van der Waals surface area contributed by atoms with E-state index < -0.39 is 0 Å². The van der Waals surface area contributed by atoms with Crippen molar-refractivity contribution >= 4 is 28.6 Å². The van der Waals surface area contributed by atoms with Gasteiger partial charge in [0.05, 0.1) is 23.8 Å². The fourth-order valence-electron chi connectivity index (χ4n) is 3.65. The molecule has 31 heavy (non-hydrogen) atoms. The summed E-state index contributed by atoms with van der Waals surface area (Å²) in [5, 5.41) is 2.79. The van der Waals surface area contributed by atoms with E-state index in [1.54, 1.807) is 18.2 Å². The van der Waals surface area contributed by atoms with Crippen LogP contribution in [0.1, 0.15) is 9.67 Å². The van der Waals surface area contributed by atoms with Crippen molar-refractivity contribution in [1.82, 2.24) is 0 Å². The molecular formula is C23H21FN2O4S. The third-order valence-corrected chi connectivity index (χ3v) is 6.35. The zero-order valence-corrected chi connectivity index (χ0v) is 17.5. The van der Waals surface area contributed by atoms with Gasteiger partial charge in [0.25, 0.3) is 5.91 Å². The first-order chi connectivity index (χ1) is 15.2. The fraction of sp³-hybridized carbons (Fsp3) is 0.261. The number of amides is 1. The van der Waals surface area contributed by atoms with Crippen LogP contribution in [0.25, 0.3) is 10.4 Å². The second-order valence-corrected chi connectivity index (χ2v) is 8.33. The van der Waals surface area contributed by atoms with Gasteiger partial charge in [-0.05, 0) is 54.1 Å². The average molecular weight is 440 g/mol. The lowest BCUT2D eigenvalue weighted by molar-refractivity contribution is 0.103. The topological polar surface area (TPSA) is 60.0 Å². The lowest BCUT2D eigenvalue weighted by Gasteiger charge is -2.29. The highest BCUT2D eigenvalue weighted by Crippen LogP contribution is 2.37. The number of hydrogen-bond acceptors (Lipinski definition) is 6. The van der Waals surface area contributed by atoms with Crippen LogP contribution in [0.5, 0.6) is 11.5 Å². The molecule has 0 aliphatic carbocycles. The molecule has 1 saturated heterocycles. The molecule has 2 aliphatic rings. The Balaban J connectivity index is 1.29. The van der Waals surface area contributed by atoms with Gasteiger partial charge in [0, 0.05) is 23.7 Å². The van der Waals surface area contributed by atoms with Crippen molar-refractivity contribution in [2.75, 3.05) is 49.7 Å². The minimum Gasteiger partial charge on any atom is -0.486 e. The Labute approximate surface area is 183 Å². The van der Waals surface area contributed by atoms with Crippen molar-refractivity contribution < 1.29 is 23.4 Å². The maximum absolute atomic E-state index is 14.6. The van der Waals surface area contributed by atoms with E-state index in [2.05, 4.69) is 5.32 Å². The van der Waals surface area contributed by atoms with E-state index in [1.807, 2.05) is 29.2 Å². The molecule has 0 unspecified atom stereocenters. The van der Waals surface area contributed by atoms with E-state index >= 15 is 0 Å². The van der Waals surface area contributed by atoms with E-state index in [1.165, 1.54) is 17.4 Å². The summed E-state index contributed by atoms with van der Waals surface area (Å²) in [5.41, 5.74) is 1.90. The minimum atomic E-state index is -0.358. The Morgan fingerprint density at radius 2 is 1.74 bits per heavy atom. The summed E-state index contributed by atoms with van der Waals surface area (Å²) in [6.07, 6.45) is 0. The maximum Gasteiger partial charge on any atom is 0.265 e. The number of morpholine rings is 1. The smallest absolute Gasteiger partial charge is 0.265 e. The molecule has 6 nitrogen and oxygen atoms in total. The summed E-state index contributed by atoms with van der Waals surface area (Å²) in [4.78, 5) is 16.1. The number of rotatable bonds is 4.